The minimum atomic E-state index is 0.487. The number of pyridine rings is 1. The normalized spacial score (nSPS) is 15.7. The Morgan fingerprint density at radius 2 is 2.28 bits per heavy atom. The van der Waals surface area contributed by atoms with E-state index in [-0.39, 0.29) is 0 Å². The Morgan fingerprint density at radius 1 is 1.44 bits per heavy atom. The SMILES string of the molecule is CC(C)NCc1ccncc1OCCC1CCC1. The number of rotatable bonds is 7. The van der Waals surface area contributed by atoms with Crippen molar-refractivity contribution in [3.63, 3.8) is 0 Å². The first-order chi connectivity index (χ1) is 8.75. The molecule has 3 nitrogen and oxygen atoms in total. The van der Waals surface area contributed by atoms with Crippen LogP contribution in [0.15, 0.2) is 18.5 Å². The fourth-order valence-corrected chi connectivity index (χ4v) is 2.12. The van der Waals surface area contributed by atoms with Crippen molar-refractivity contribution >= 4 is 0 Å². The molecule has 0 bridgehead atoms. The summed E-state index contributed by atoms with van der Waals surface area (Å²) in [6, 6.07) is 2.52. The highest BCUT2D eigenvalue weighted by Gasteiger charge is 2.17. The van der Waals surface area contributed by atoms with Crippen LogP contribution in [-0.2, 0) is 6.54 Å². The summed E-state index contributed by atoms with van der Waals surface area (Å²) in [5.41, 5.74) is 1.20. The second kappa shape index (κ2) is 6.74. The zero-order valence-corrected chi connectivity index (χ0v) is 11.5. The first-order valence-corrected chi connectivity index (χ1v) is 7.05. The third-order valence-corrected chi connectivity index (χ3v) is 3.58. The van der Waals surface area contributed by atoms with Crippen LogP contribution in [0.3, 0.4) is 0 Å². The molecule has 1 aromatic heterocycles. The van der Waals surface area contributed by atoms with E-state index in [1.54, 1.807) is 0 Å². The van der Waals surface area contributed by atoms with Crippen LogP contribution < -0.4 is 10.1 Å². The zero-order valence-electron chi connectivity index (χ0n) is 11.5. The molecular formula is C15H24N2O. The van der Waals surface area contributed by atoms with Gasteiger partial charge in [-0.05, 0) is 18.4 Å². The lowest BCUT2D eigenvalue weighted by Crippen LogP contribution is -2.22. The monoisotopic (exact) mass is 248 g/mol. The topological polar surface area (TPSA) is 34.2 Å². The Morgan fingerprint density at radius 3 is 2.94 bits per heavy atom. The minimum Gasteiger partial charge on any atom is -0.492 e. The molecule has 1 saturated carbocycles. The molecule has 1 aromatic rings. The van der Waals surface area contributed by atoms with E-state index in [4.69, 9.17) is 4.74 Å². The molecule has 0 saturated heterocycles. The van der Waals surface area contributed by atoms with E-state index in [1.807, 2.05) is 18.5 Å². The highest BCUT2D eigenvalue weighted by Crippen LogP contribution is 2.29. The second-order valence-corrected chi connectivity index (χ2v) is 5.45. The molecule has 0 aliphatic heterocycles. The number of nitrogens with one attached hydrogen (secondary N) is 1. The van der Waals surface area contributed by atoms with E-state index in [9.17, 15) is 0 Å². The maximum atomic E-state index is 5.87. The molecule has 1 heterocycles. The molecule has 0 aromatic carbocycles. The minimum absolute atomic E-state index is 0.487. The summed E-state index contributed by atoms with van der Waals surface area (Å²) in [4.78, 5) is 4.15. The van der Waals surface area contributed by atoms with Crippen LogP contribution in [0.4, 0.5) is 0 Å². The van der Waals surface area contributed by atoms with Gasteiger partial charge in [-0.1, -0.05) is 33.1 Å². The molecule has 1 aliphatic carbocycles. The van der Waals surface area contributed by atoms with Gasteiger partial charge >= 0.3 is 0 Å². The van der Waals surface area contributed by atoms with Crippen LogP contribution in [0.5, 0.6) is 5.75 Å². The Labute approximate surface area is 110 Å². The van der Waals surface area contributed by atoms with E-state index < -0.39 is 0 Å². The van der Waals surface area contributed by atoms with Crippen molar-refractivity contribution in [2.45, 2.75) is 52.1 Å². The average Bonchev–Trinajstić information content (AvgIpc) is 2.31. The van der Waals surface area contributed by atoms with Crippen LogP contribution in [-0.4, -0.2) is 17.6 Å². The molecule has 1 N–H and O–H groups in total. The Hall–Kier alpha value is -1.09. The smallest absolute Gasteiger partial charge is 0.142 e. The second-order valence-electron chi connectivity index (χ2n) is 5.45. The first-order valence-electron chi connectivity index (χ1n) is 7.05. The van der Waals surface area contributed by atoms with Crippen molar-refractivity contribution in [2.24, 2.45) is 5.92 Å². The maximum Gasteiger partial charge on any atom is 0.142 e. The van der Waals surface area contributed by atoms with Gasteiger partial charge in [0.15, 0.2) is 0 Å². The molecule has 1 aliphatic rings. The number of hydrogen-bond donors (Lipinski definition) is 1. The fourth-order valence-electron chi connectivity index (χ4n) is 2.12. The van der Waals surface area contributed by atoms with E-state index >= 15 is 0 Å². The van der Waals surface area contributed by atoms with E-state index in [0.717, 1.165) is 24.8 Å². The quantitative estimate of drug-likeness (QED) is 0.805. The molecular weight excluding hydrogens is 224 g/mol. The molecule has 18 heavy (non-hydrogen) atoms. The third-order valence-electron chi connectivity index (χ3n) is 3.58. The van der Waals surface area contributed by atoms with E-state index in [2.05, 4.69) is 24.1 Å². The van der Waals surface area contributed by atoms with Crippen molar-refractivity contribution in [3.05, 3.63) is 24.0 Å². The van der Waals surface area contributed by atoms with Crippen molar-refractivity contribution in [2.75, 3.05) is 6.61 Å². The van der Waals surface area contributed by atoms with Gasteiger partial charge in [-0.3, -0.25) is 4.98 Å². The molecule has 3 heteroatoms. The fraction of sp³-hybridized carbons (Fsp3) is 0.667. The molecule has 0 amide bonds. The predicted molar refractivity (Wildman–Crippen MR) is 73.7 cm³/mol. The van der Waals surface area contributed by atoms with Gasteiger partial charge in [-0.15, -0.1) is 0 Å². The van der Waals surface area contributed by atoms with Crippen molar-refractivity contribution in [1.82, 2.24) is 10.3 Å². The highest BCUT2D eigenvalue weighted by molar-refractivity contribution is 5.29. The number of aromatic nitrogens is 1. The highest BCUT2D eigenvalue weighted by atomic mass is 16.5. The molecule has 2 rings (SSSR count). The molecule has 0 spiro atoms. The Kier molecular flexibility index (Phi) is 5.00. The molecule has 1 fully saturated rings. The number of hydrogen-bond acceptors (Lipinski definition) is 3. The van der Waals surface area contributed by atoms with Gasteiger partial charge in [0.2, 0.25) is 0 Å². The summed E-state index contributed by atoms with van der Waals surface area (Å²) >= 11 is 0. The molecule has 0 unspecified atom stereocenters. The third kappa shape index (κ3) is 3.98. The first kappa shape index (κ1) is 13.3. The summed E-state index contributed by atoms with van der Waals surface area (Å²) in [5, 5.41) is 3.42. The van der Waals surface area contributed by atoms with Gasteiger partial charge in [0.1, 0.15) is 5.75 Å². The summed E-state index contributed by atoms with van der Waals surface area (Å²) in [6.45, 7) is 5.97. The van der Waals surface area contributed by atoms with Crippen LogP contribution >= 0.6 is 0 Å². The predicted octanol–water partition coefficient (Wildman–Crippen LogP) is 3.15. The van der Waals surface area contributed by atoms with Gasteiger partial charge in [0, 0.05) is 24.3 Å². The molecule has 0 atom stereocenters. The lowest BCUT2D eigenvalue weighted by Gasteiger charge is -2.25. The Bertz CT molecular complexity index is 361. The van der Waals surface area contributed by atoms with Gasteiger partial charge in [-0.2, -0.15) is 0 Å². The molecule has 0 radical (unpaired) electrons. The van der Waals surface area contributed by atoms with Gasteiger partial charge in [0.05, 0.1) is 12.8 Å². The van der Waals surface area contributed by atoms with E-state index in [1.165, 1.54) is 31.2 Å². The summed E-state index contributed by atoms with van der Waals surface area (Å²) in [7, 11) is 0. The van der Waals surface area contributed by atoms with Crippen LogP contribution in [0.25, 0.3) is 0 Å². The van der Waals surface area contributed by atoms with Crippen molar-refractivity contribution in [3.8, 4) is 5.75 Å². The van der Waals surface area contributed by atoms with Gasteiger partial charge in [0.25, 0.3) is 0 Å². The summed E-state index contributed by atoms with van der Waals surface area (Å²) in [5.74, 6) is 1.84. The van der Waals surface area contributed by atoms with Crippen LogP contribution in [0.1, 0.15) is 45.1 Å². The summed E-state index contributed by atoms with van der Waals surface area (Å²) < 4.78 is 5.87. The number of ether oxygens (including phenoxy) is 1. The Balaban J connectivity index is 1.81. The lowest BCUT2D eigenvalue weighted by molar-refractivity contribution is 0.220. The largest absolute Gasteiger partial charge is 0.492 e. The van der Waals surface area contributed by atoms with E-state index in [0.29, 0.717) is 6.04 Å². The standard InChI is InChI=1S/C15H24N2O/c1-12(2)17-10-14-6-8-16-11-15(14)18-9-7-13-4-3-5-13/h6,8,11-13,17H,3-5,7,9-10H2,1-2H3. The average molecular weight is 248 g/mol. The summed E-state index contributed by atoms with van der Waals surface area (Å²) in [6.07, 6.45) is 9.03. The zero-order chi connectivity index (χ0) is 12.8. The maximum absolute atomic E-state index is 5.87. The number of nitrogens with zero attached hydrogens (tertiary/aromatic N) is 1. The molecule has 100 valence electrons. The van der Waals surface area contributed by atoms with Crippen molar-refractivity contribution < 1.29 is 4.74 Å². The van der Waals surface area contributed by atoms with Crippen LogP contribution in [0, 0.1) is 5.92 Å². The lowest BCUT2D eigenvalue weighted by atomic mass is 9.83. The van der Waals surface area contributed by atoms with Crippen molar-refractivity contribution in [1.29, 1.82) is 0 Å². The van der Waals surface area contributed by atoms with Crippen LogP contribution in [0.2, 0.25) is 0 Å². The van der Waals surface area contributed by atoms with Gasteiger partial charge < -0.3 is 10.1 Å². The van der Waals surface area contributed by atoms with Gasteiger partial charge in [-0.25, -0.2) is 0 Å².